The number of pyridine rings is 2. The first-order valence-electron chi connectivity index (χ1n) is 14.3. The summed E-state index contributed by atoms with van der Waals surface area (Å²) in [4.78, 5) is 44.4. The highest BCUT2D eigenvalue weighted by molar-refractivity contribution is 6.08. The van der Waals surface area contributed by atoms with E-state index < -0.39 is 23.9 Å². The number of rotatable bonds is 6. The molecule has 1 saturated carbocycles. The SMILES string of the molecule is CCn1cc(C(=O)OCC(=O)N2N=C3/C(=C\c4ccccc4)CCC[C@H]3[C@H]2c2ccccc2)c(=O)c2ccc(C)nc21. The molecule has 3 heterocycles. The lowest BCUT2D eigenvalue weighted by molar-refractivity contribution is -0.137. The topological polar surface area (TPSA) is 93.9 Å². The van der Waals surface area contributed by atoms with Crippen LogP contribution in [0.5, 0.6) is 0 Å². The summed E-state index contributed by atoms with van der Waals surface area (Å²) in [7, 11) is 0. The van der Waals surface area contributed by atoms with Crippen LogP contribution in [0, 0.1) is 12.8 Å². The number of carbonyl (C=O) groups is 2. The number of esters is 1. The van der Waals surface area contributed by atoms with Gasteiger partial charge in [0, 0.05) is 24.4 Å². The number of amides is 1. The molecule has 42 heavy (non-hydrogen) atoms. The smallest absolute Gasteiger partial charge is 0.344 e. The van der Waals surface area contributed by atoms with Gasteiger partial charge in [0.25, 0.3) is 5.91 Å². The Labute approximate surface area is 244 Å². The Morgan fingerprint density at radius 2 is 1.76 bits per heavy atom. The molecule has 0 radical (unpaired) electrons. The molecule has 1 aliphatic carbocycles. The highest BCUT2D eigenvalue weighted by atomic mass is 16.5. The number of aryl methyl sites for hydroxylation is 2. The van der Waals surface area contributed by atoms with E-state index in [1.807, 2.05) is 62.4 Å². The van der Waals surface area contributed by atoms with Crippen LogP contribution >= 0.6 is 0 Å². The summed E-state index contributed by atoms with van der Waals surface area (Å²) in [5.41, 5.74) is 4.77. The van der Waals surface area contributed by atoms with Gasteiger partial charge in [0.1, 0.15) is 11.2 Å². The zero-order valence-electron chi connectivity index (χ0n) is 23.7. The molecule has 0 saturated heterocycles. The Hall–Kier alpha value is -4.85. The average Bonchev–Trinajstić information content (AvgIpc) is 3.42. The molecule has 6 rings (SSSR count). The Bertz CT molecular complexity index is 1780. The van der Waals surface area contributed by atoms with Crippen LogP contribution in [0.3, 0.4) is 0 Å². The second-order valence-corrected chi connectivity index (χ2v) is 10.7. The van der Waals surface area contributed by atoms with E-state index >= 15 is 0 Å². The van der Waals surface area contributed by atoms with Crippen molar-refractivity contribution in [1.82, 2.24) is 14.6 Å². The summed E-state index contributed by atoms with van der Waals surface area (Å²) in [6.07, 6.45) is 6.37. The van der Waals surface area contributed by atoms with Crippen LogP contribution in [-0.4, -0.2) is 38.8 Å². The average molecular weight is 561 g/mol. The maximum atomic E-state index is 13.7. The standard InChI is InChI=1S/C34H32N4O4/c1-3-37-20-28(32(40)27-18-17-22(2)35-33(27)37)34(41)42-21-29(39)38-31(24-13-8-5-9-14-24)26-16-10-15-25(30(26)36-38)19-23-11-6-4-7-12-23/h4-9,11-14,17-20,26,31H,3,10,15-16,21H2,1-2H3/b25-19-/t26-,31-/m1/s1. The molecule has 8 nitrogen and oxygen atoms in total. The van der Waals surface area contributed by atoms with Crippen LogP contribution in [0.4, 0.5) is 0 Å². The third kappa shape index (κ3) is 5.16. The van der Waals surface area contributed by atoms with Gasteiger partial charge in [0.05, 0.1) is 17.1 Å². The largest absolute Gasteiger partial charge is 0.452 e. The highest BCUT2D eigenvalue weighted by Gasteiger charge is 2.43. The lowest BCUT2D eigenvalue weighted by Crippen LogP contribution is -2.35. The fourth-order valence-corrected chi connectivity index (χ4v) is 5.96. The molecule has 0 unspecified atom stereocenters. The summed E-state index contributed by atoms with van der Waals surface area (Å²) < 4.78 is 7.21. The molecule has 4 aromatic rings. The molecule has 0 N–H and O–H groups in total. The summed E-state index contributed by atoms with van der Waals surface area (Å²) in [5, 5.41) is 6.67. The van der Waals surface area contributed by atoms with Crippen LogP contribution in [0.2, 0.25) is 0 Å². The zero-order valence-corrected chi connectivity index (χ0v) is 23.7. The molecule has 0 bridgehead atoms. The summed E-state index contributed by atoms with van der Waals surface area (Å²) in [5.74, 6) is -1.25. The van der Waals surface area contributed by atoms with Crippen LogP contribution in [-0.2, 0) is 16.1 Å². The van der Waals surface area contributed by atoms with Crippen molar-refractivity contribution in [3.05, 3.63) is 117 Å². The van der Waals surface area contributed by atoms with Gasteiger partial charge in [-0.3, -0.25) is 9.59 Å². The first-order chi connectivity index (χ1) is 20.4. The molecule has 2 aromatic carbocycles. The molecular weight excluding hydrogens is 528 g/mol. The van der Waals surface area contributed by atoms with Gasteiger partial charge in [-0.1, -0.05) is 60.7 Å². The van der Waals surface area contributed by atoms with E-state index in [2.05, 4.69) is 23.2 Å². The van der Waals surface area contributed by atoms with E-state index in [1.165, 1.54) is 11.2 Å². The van der Waals surface area contributed by atoms with Crippen molar-refractivity contribution in [3.8, 4) is 0 Å². The number of hydrazone groups is 1. The molecule has 8 heteroatoms. The molecule has 0 spiro atoms. The molecule has 2 aliphatic rings. The lowest BCUT2D eigenvalue weighted by atomic mass is 9.77. The lowest BCUT2D eigenvalue weighted by Gasteiger charge is -2.29. The fourth-order valence-electron chi connectivity index (χ4n) is 5.96. The summed E-state index contributed by atoms with van der Waals surface area (Å²) in [6.45, 7) is 3.73. The quantitative estimate of drug-likeness (QED) is 0.282. The molecular formula is C34H32N4O4. The van der Waals surface area contributed by atoms with Crippen molar-refractivity contribution in [3.63, 3.8) is 0 Å². The minimum absolute atomic E-state index is 0.0314. The maximum Gasteiger partial charge on any atom is 0.344 e. The van der Waals surface area contributed by atoms with Gasteiger partial charge in [-0.2, -0.15) is 5.10 Å². The van der Waals surface area contributed by atoms with E-state index in [4.69, 9.17) is 9.84 Å². The van der Waals surface area contributed by atoms with Gasteiger partial charge >= 0.3 is 5.97 Å². The molecule has 212 valence electrons. The van der Waals surface area contributed by atoms with Crippen LogP contribution in [0.1, 0.15) is 59.4 Å². The Morgan fingerprint density at radius 3 is 2.50 bits per heavy atom. The van der Waals surface area contributed by atoms with Crippen molar-refractivity contribution >= 4 is 34.7 Å². The summed E-state index contributed by atoms with van der Waals surface area (Å²) >= 11 is 0. The molecule has 2 aromatic heterocycles. The number of hydrogen-bond donors (Lipinski definition) is 0. The van der Waals surface area contributed by atoms with Crippen LogP contribution < -0.4 is 5.43 Å². The number of allylic oxidation sites excluding steroid dienone is 1. The van der Waals surface area contributed by atoms with Gasteiger partial charge in [-0.25, -0.2) is 14.8 Å². The van der Waals surface area contributed by atoms with Crippen LogP contribution in [0.15, 0.2) is 94.5 Å². The number of benzene rings is 2. The third-order valence-electron chi connectivity index (χ3n) is 7.99. The predicted molar refractivity (Wildman–Crippen MR) is 162 cm³/mol. The minimum atomic E-state index is -0.844. The van der Waals surface area contributed by atoms with Gasteiger partial charge in [0.2, 0.25) is 5.43 Å². The van der Waals surface area contributed by atoms with Crippen molar-refractivity contribution in [1.29, 1.82) is 0 Å². The van der Waals surface area contributed by atoms with E-state index in [-0.39, 0.29) is 17.5 Å². The van der Waals surface area contributed by atoms with E-state index in [0.717, 1.165) is 47.4 Å². The maximum absolute atomic E-state index is 13.7. The highest BCUT2D eigenvalue weighted by Crippen LogP contribution is 2.44. The Morgan fingerprint density at radius 1 is 1.02 bits per heavy atom. The van der Waals surface area contributed by atoms with E-state index in [0.29, 0.717) is 17.6 Å². The monoisotopic (exact) mass is 560 g/mol. The first kappa shape index (κ1) is 27.3. The molecule has 2 atom stereocenters. The van der Waals surface area contributed by atoms with Gasteiger partial charge < -0.3 is 9.30 Å². The number of carbonyl (C=O) groups excluding carboxylic acids is 2. The number of ether oxygens (including phenoxy) is 1. The van der Waals surface area contributed by atoms with Crippen molar-refractivity contribution in [2.45, 2.75) is 45.7 Å². The van der Waals surface area contributed by atoms with E-state index in [9.17, 15) is 14.4 Å². The van der Waals surface area contributed by atoms with Crippen LogP contribution in [0.25, 0.3) is 17.1 Å². The van der Waals surface area contributed by atoms with Crippen molar-refractivity contribution in [2.24, 2.45) is 11.0 Å². The Kier molecular flexibility index (Phi) is 7.52. The first-order valence-corrected chi connectivity index (χ1v) is 14.3. The van der Waals surface area contributed by atoms with Gasteiger partial charge in [0.15, 0.2) is 6.61 Å². The van der Waals surface area contributed by atoms with Gasteiger partial charge in [-0.05, 0) is 68.0 Å². The molecule has 1 amide bonds. The van der Waals surface area contributed by atoms with Crippen molar-refractivity contribution in [2.75, 3.05) is 6.61 Å². The number of nitrogens with zero attached hydrogens (tertiary/aromatic N) is 4. The number of aromatic nitrogens is 2. The number of fused-ring (bicyclic) bond motifs is 2. The van der Waals surface area contributed by atoms with E-state index in [1.54, 1.807) is 16.7 Å². The Balaban J connectivity index is 1.29. The second kappa shape index (κ2) is 11.6. The third-order valence-corrected chi connectivity index (χ3v) is 7.99. The predicted octanol–water partition coefficient (Wildman–Crippen LogP) is 5.70. The van der Waals surface area contributed by atoms with Crippen molar-refractivity contribution < 1.29 is 14.3 Å². The second-order valence-electron chi connectivity index (χ2n) is 10.7. The summed E-state index contributed by atoms with van der Waals surface area (Å²) in [6, 6.07) is 23.1. The number of hydrogen-bond acceptors (Lipinski definition) is 6. The minimum Gasteiger partial charge on any atom is -0.452 e. The fraction of sp³-hybridized carbons (Fsp3) is 0.265. The molecule has 1 fully saturated rings. The normalized spacial score (nSPS) is 19.0. The zero-order chi connectivity index (χ0) is 29.2. The van der Waals surface area contributed by atoms with Gasteiger partial charge in [-0.15, -0.1) is 0 Å². The molecule has 1 aliphatic heterocycles.